The van der Waals surface area contributed by atoms with Gasteiger partial charge < -0.3 is 9.47 Å². The van der Waals surface area contributed by atoms with Crippen molar-refractivity contribution in [1.29, 1.82) is 0 Å². The van der Waals surface area contributed by atoms with Crippen molar-refractivity contribution >= 4 is 17.6 Å². The van der Waals surface area contributed by atoms with Crippen LogP contribution in [0.5, 0.6) is 0 Å². The van der Waals surface area contributed by atoms with E-state index in [1.54, 1.807) is 0 Å². The number of carbonyl (C=O) groups is 3. The second kappa shape index (κ2) is 3.36. The Bertz CT molecular complexity index is 363. The lowest BCUT2D eigenvalue weighted by molar-refractivity contribution is -0.163. The Hall–Kier alpha value is -1.27. The fourth-order valence-electron chi connectivity index (χ4n) is 2.45. The first-order valence-corrected chi connectivity index (χ1v) is 5.31. The Morgan fingerprint density at radius 3 is 2.50 bits per heavy atom. The van der Waals surface area contributed by atoms with Crippen LogP contribution in [0.4, 0.5) is 0 Å². The number of ether oxygens (including phenoxy) is 2. The van der Waals surface area contributed by atoms with E-state index in [-0.39, 0.29) is 49.6 Å². The molecule has 0 spiro atoms. The van der Waals surface area contributed by atoms with Gasteiger partial charge in [0.1, 0.15) is 6.10 Å². The molecule has 3 saturated heterocycles. The number of fused-ring (bicyclic) bond motifs is 2. The standard InChI is InChI=1S/C10H11NO5/c12-6-3-5(7-4-15-10(6)16-7)11-8(13)1-2-9(11)14/h5,7,10H,1-4H2. The van der Waals surface area contributed by atoms with Crippen LogP contribution in [0.2, 0.25) is 0 Å². The summed E-state index contributed by atoms with van der Waals surface area (Å²) in [5.74, 6) is -0.611. The molecule has 0 aliphatic carbocycles. The van der Waals surface area contributed by atoms with Gasteiger partial charge in [-0.1, -0.05) is 0 Å². The van der Waals surface area contributed by atoms with Gasteiger partial charge in [-0.2, -0.15) is 0 Å². The molecular formula is C10H11NO5. The van der Waals surface area contributed by atoms with Crippen molar-refractivity contribution in [2.24, 2.45) is 0 Å². The maximum absolute atomic E-state index is 11.6. The average Bonchev–Trinajstić information content (AvgIpc) is 2.81. The minimum atomic E-state index is -0.783. The average molecular weight is 225 g/mol. The molecule has 0 aromatic heterocycles. The third-order valence-corrected chi connectivity index (χ3v) is 3.23. The predicted molar refractivity (Wildman–Crippen MR) is 49.1 cm³/mol. The molecule has 86 valence electrons. The van der Waals surface area contributed by atoms with Crippen LogP contribution in [-0.2, 0) is 23.9 Å². The SMILES string of the molecule is O=C1CC(N2C(=O)CCC2=O)C2COC1O2. The van der Waals surface area contributed by atoms with Crippen molar-refractivity contribution in [2.75, 3.05) is 6.61 Å². The van der Waals surface area contributed by atoms with Crippen molar-refractivity contribution in [3.05, 3.63) is 0 Å². The van der Waals surface area contributed by atoms with Crippen molar-refractivity contribution in [1.82, 2.24) is 4.90 Å². The smallest absolute Gasteiger partial charge is 0.230 e. The molecule has 0 aromatic carbocycles. The van der Waals surface area contributed by atoms with Crippen molar-refractivity contribution in [2.45, 2.75) is 37.7 Å². The second-order valence-electron chi connectivity index (χ2n) is 4.24. The van der Waals surface area contributed by atoms with E-state index in [0.29, 0.717) is 0 Å². The summed E-state index contributed by atoms with van der Waals surface area (Å²) >= 11 is 0. The van der Waals surface area contributed by atoms with E-state index < -0.39 is 12.3 Å². The topological polar surface area (TPSA) is 72.9 Å². The number of carbonyl (C=O) groups excluding carboxylic acids is 3. The number of likely N-dealkylation sites (tertiary alicyclic amines) is 1. The molecule has 2 amide bonds. The first kappa shape index (κ1) is 9.92. The molecule has 3 rings (SSSR count). The molecule has 3 heterocycles. The zero-order valence-electron chi connectivity index (χ0n) is 8.55. The summed E-state index contributed by atoms with van der Waals surface area (Å²) in [6.45, 7) is 0.276. The van der Waals surface area contributed by atoms with Gasteiger partial charge in [-0.3, -0.25) is 19.3 Å². The maximum Gasteiger partial charge on any atom is 0.230 e. The lowest BCUT2D eigenvalue weighted by Gasteiger charge is -2.32. The molecule has 6 heteroatoms. The van der Waals surface area contributed by atoms with E-state index in [0.717, 1.165) is 0 Å². The molecule has 0 aromatic rings. The summed E-state index contributed by atoms with van der Waals surface area (Å²) in [6, 6.07) is -0.464. The van der Waals surface area contributed by atoms with Gasteiger partial charge in [0.25, 0.3) is 0 Å². The number of hydrogen-bond donors (Lipinski definition) is 0. The number of ketones is 1. The van der Waals surface area contributed by atoms with Crippen LogP contribution in [0.15, 0.2) is 0 Å². The van der Waals surface area contributed by atoms with Gasteiger partial charge in [0.05, 0.1) is 12.6 Å². The molecule has 3 aliphatic rings. The number of hydrogen-bond acceptors (Lipinski definition) is 5. The third-order valence-electron chi connectivity index (χ3n) is 3.23. The zero-order chi connectivity index (χ0) is 11.3. The monoisotopic (exact) mass is 225 g/mol. The van der Waals surface area contributed by atoms with E-state index in [1.165, 1.54) is 4.90 Å². The van der Waals surface area contributed by atoms with E-state index in [9.17, 15) is 14.4 Å². The minimum absolute atomic E-state index is 0.160. The van der Waals surface area contributed by atoms with Crippen LogP contribution >= 0.6 is 0 Å². The first-order chi connectivity index (χ1) is 7.66. The molecule has 3 unspecified atom stereocenters. The summed E-state index contributed by atoms with van der Waals surface area (Å²) < 4.78 is 10.4. The number of Topliss-reactive ketones (excluding diaryl/α,β-unsaturated/α-hetero) is 1. The fourth-order valence-corrected chi connectivity index (χ4v) is 2.45. The lowest BCUT2D eigenvalue weighted by Crippen LogP contribution is -2.51. The second-order valence-corrected chi connectivity index (χ2v) is 4.24. The van der Waals surface area contributed by atoms with Gasteiger partial charge in [0.15, 0.2) is 5.78 Å². The summed E-state index contributed by atoms with van der Waals surface area (Å²) in [6.07, 6.45) is -0.490. The highest BCUT2D eigenvalue weighted by Gasteiger charge is 2.49. The van der Waals surface area contributed by atoms with Gasteiger partial charge in [-0.05, 0) is 0 Å². The molecule has 2 bridgehead atoms. The van der Waals surface area contributed by atoms with Gasteiger partial charge >= 0.3 is 0 Å². The lowest BCUT2D eigenvalue weighted by atomic mass is 10.0. The van der Waals surface area contributed by atoms with E-state index in [1.807, 2.05) is 0 Å². The Balaban J connectivity index is 1.86. The van der Waals surface area contributed by atoms with Crippen molar-refractivity contribution < 1.29 is 23.9 Å². The minimum Gasteiger partial charge on any atom is -0.343 e. The first-order valence-electron chi connectivity index (χ1n) is 5.31. The number of nitrogens with zero attached hydrogens (tertiary/aromatic N) is 1. The molecule has 3 fully saturated rings. The van der Waals surface area contributed by atoms with Gasteiger partial charge in [0.2, 0.25) is 18.1 Å². The molecule has 0 N–H and O–H groups in total. The quantitative estimate of drug-likeness (QED) is 0.547. The van der Waals surface area contributed by atoms with E-state index in [2.05, 4.69) is 0 Å². The van der Waals surface area contributed by atoms with Crippen molar-refractivity contribution in [3.8, 4) is 0 Å². The molecule has 16 heavy (non-hydrogen) atoms. The van der Waals surface area contributed by atoms with Crippen LogP contribution in [0, 0.1) is 0 Å². The number of amides is 2. The Morgan fingerprint density at radius 2 is 1.81 bits per heavy atom. The Labute approximate surface area is 91.5 Å². The predicted octanol–water partition coefficient (Wildman–Crippen LogP) is -0.782. The molecule has 0 radical (unpaired) electrons. The van der Waals surface area contributed by atoms with Crippen molar-refractivity contribution in [3.63, 3.8) is 0 Å². The number of imide groups is 1. The molecule has 3 aliphatic heterocycles. The normalized spacial score (nSPS) is 38.6. The van der Waals surface area contributed by atoms with E-state index >= 15 is 0 Å². The van der Waals surface area contributed by atoms with Crippen LogP contribution < -0.4 is 0 Å². The molecule has 0 saturated carbocycles. The summed E-state index contributed by atoms with van der Waals surface area (Å²) in [5.41, 5.74) is 0. The largest absolute Gasteiger partial charge is 0.343 e. The molecule has 3 atom stereocenters. The fraction of sp³-hybridized carbons (Fsp3) is 0.700. The number of rotatable bonds is 1. The summed E-state index contributed by atoms with van der Waals surface area (Å²) in [4.78, 5) is 35.8. The highest BCUT2D eigenvalue weighted by atomic mass is 16.7. The summed E-state index contributed by atoms with van der Waals surface area (Å²) in [7, 11) is 0. The maximum atomic E-state index is 11.6. The van der Waals surface area contributed by atoms with Crippen LogP contribution in [0.1, 0.15) is 19.3 Å². The van der Waals surface area contributed by atoms with Crippen LogP contribution in [0.25, 0.3) is 0 Å². The highest BCUT2D eigenvalue weighted by molar-refractivity contribution is 6.03. The molecule has 6 nitrogen and oxygen atoms in total. The van der Waals surface area contributed by atoms with E-state index in [4.69, 9.17) is 9.47 Å². The van der Waals surface area contributed by atoms with Gasteiger partial charge in [0, 0.05) is 19.3 Å². The third kappa shape index (κ3) is 1.30. The van der Waals surface area contributed by atoms with Crippen LogP contribution in [0.3, 0.4) is 0 Å². The Morgan fingerprint density at radius 1 is 1.12 bits per heavy atom. The van der Waals surface area contributed by atoms with Crippen LogP contribution in [-0.4, -0.2) is 47.5 Å². The zero-order valence-corrected chi connectivity index (χ0v) is 8.55. The summed E-state index contributed by atoms with van der Waals surface area (Å²) in [5, 5.41) is 0. The Kier molecular flexibility index (Phi) is 2.08. The van der Waals surface area contributed by atoms with Gasteiger partial charge in [-0.25, -0.2) is 0 Å². The molecular weight excluding hydrogens is 214 g/mol. The van der Waals surface area contributed by atoms with Gasteiger partial charge in [-0.15, -0.1) is 0 Å². The highest BCUT2D eigenvalue weighted by Crippen LogP contribution is 2.30.